The van der Waals surface area contributed by atoms with E-state index < -0.39 is 21.4 Å². The van der Waals surface area contributed by atoms with Crippen molar-refractivity contribution < 1.29 is 17.1 Å². The Balaban J connectivity index is 1.85. The second-order valence-electron chi connectivity index (χ2n) is 4.43. The van der Waals surface area contributed by atoms with E-state index in [9.17, 15) is 17.1 Å². The molecule has 0 aromatic carbocycles. The van der Waals surface area contributed by atoms with Crippen LogP contribution < -0.4 is 4.90 Å². The minimum Gasteiger partial charge on any atom is -0.287 e. The molecule has 3 heterocycles. The average molecular weight is 411 g/mol. The Labute approximate surface area is 136 Å². The van der Waals surface area contributed by atoms with Crippen LogP contribution in [-0.2, 0) is 15.0 Å². The molecule has 1 saturated heterocycles. The summed E-state index contributed by atoms with van der Waals surface area (Å²) < 4.78 is 35.8. The van der Waals surface area contributed by atoms with Crippen molar-refractivity contribution in [2.75, 3.05) is 11.4 Å². The number of thiazole rings is 1. The standard InChI is InChI=1S/C11H8BrFN2O3S3/c12-9-2-1-8(20-9)7-5-19-11(14-7)15-4-6(3-10(15)16)21(13,17)18/h1-2,5-6H,3-4H2. The third kappa shape index (κ3) is 3.03. The maximum absolute atomic E-state index is 13.0. The zero-order valence-corrected chi connectivity index (χ0v) is 14.4. The fourth-order valence-corrected chi connectivity index (χ4v) is 4.94. The van der Waals surface area contributed by atoms with Gasteiger partial charge in [0.2, 0.25) is 5.91 Å². The van der Waals surface area contributed by atoms with E-state index in [2.05, 4.69) is 20.9 Å². The van der Waals surface area contributed by atoms with Crippen molar-refractivity contribution >= 4 is 59.9 Å². The predicted octanol–water partition coefficient (Wildman–Crippen LogP) is 3.04. The monoisotopic (exact) mass is 410 g/mol. The lowest BCUT2D eigenvalue weighted by molar-refractivity contribution is -0.117. The molecule has 0 aliphatic carbocycles. The van der Waals surface area contributed by atoms with Gasteiger partial charge in [0.15, 0.2) is 5.13 Å². The molecular weight excluding hydrogens is 403 g/mol. The normalized spacial score (nSPS) is 19.4. The van der Waals surface area contributed by atoms with E-state index in [0.29, 0.717) is 10.8 Å². The van der Waals surface area contributed by atoms with Gasteiger partial charge in [-0.2, -0.15) is 8.42 Å². The van der Waals surface area contributed by atoms with Crippen LogP contribution in [0.25, 0.3) is 10.6 Å². The largest absolute Gasteiger partial charge is 0.307 e. The first-order chi connectivity index (χ1) is 9.84. The molecule has 1 fully saturated rings. The molecule has 5 nitrogen and oxygen atoms in total. The minimum absolute atomic E-state index is 0.182. The van der Waals surface area contributed by atoms with E-state index in [4.69, 9.17) is 0 Å². The zero-order chi connectivity index (χ0) is 15.2. The Bertz CT molecular complexity index is 801. The molecule has 0 N–H and O–H groups in total. The quantitative estimate of drug-likeness (QED) is 0.729. The van der Waals surface area contributed by atoms with Crippen LogP contribution in [0.15, 0.2) is 21.3 Å². The topological polar surface area (TPSA) is 67.3 Å². The highest BCUT2D eigenvalue weighted by molar-refractivity contribution is 9.11. The molecule has 3 rings (SSSR count). The predicted molar refractivity (Wildman–Crippen MR) is 83.9 cm³/mol. The second-order valence-corrected chi connectivity index (χ2v) is 9.34. The van der Waals surface area contributed by atoms with Gasteiger partial charge in [0, 0.05) is 18.3 Å². The lowest BCUT2D eigenvalue weighted by atomic mass is 10.4. The summed E-state index contributed by atoms with van der Waals surface area (Å²) in [6, 6.07) is 3.79. The van der Waals surface area contributed by atoms with E-state index >= 15 is 0 Å². The Morgan fingerprint density at radius 2 is 2.19 bits per heavy atom. The molecule has 1 unspecified atom stereocenters. The first-order valence-electron chi connectivity index (χ1n) is 5.79. The van der Waals surface area contributed by atoms with E-state index in [-0.39, 0.29) is 13.0 Å². The van der Waals surface area contributed by atoms with Gasteiger partial charge in [-0.3, -0.25) is 9.69 Å². The van der Waals surface area contributed by atoms with Crippen LogP contribution in [0.4, 0.5) is 9.02 Å². The lowest BCUT2D eigenvalue weighted by Crippen LogP contribution is -2.26. The van der Waals surface area contributed by atoms with Gasteiger partial charge in [-0.15, -0.1) is 26.6 Å². The Morgan fingerprint density at radius 1 is 1.43 bits per heavy atom. The Hall–Kier alpha value is -0.840. The maximum atomic E-state index is 13.0. The highest BCUT2D eigenvalue weighted by Crippen LogP contribution is 2.35. The third-order valence-electron chi connectivity index (χ3n) is 3.04. The number of halogens is 2. The summed E-state index contributed by atoms with van der Waals surface area (Å²) in [7, 11) is -4.71. The number of anilines is 1. The highest BCUT2D eigenvalue weighted by Gasteiger charge is 2.40. The summed E-state index contributed by atoms with van der Waals surface area (Å²) in [4.78, 5) is 18.3. The number of hydrogen-bond donors (Lipinski definition) is 0. The molecule has 2 aromatic heterocycles. The summed E-state index contributed by atoms with van der Waals surface area (Å²) in [5.41, 5.74) is 0.713. The first kappa shape index (κ1) is 15.1. The van der Waals surface area contributed by atoms with Gasteiger partial charge in [0.05, 0.1) is 14.4 Å². The van der Waals surface area contributed by atoms with Crippen molar-refractivity contribution in [3.63, 3.8) is 0 Å². The smallest absolute Gasteiger partial charge is 0.287 e. The average Bonchev–Trinajstić information content (AvgIpc) is 3.06. The Morgan fingerprint density at radius 3 is 2.76 bits per heavy atom. The van der Waals surface area contributed by atoms with Gasteiger partial charge < -0.3 is 0 Å². The van der Waals surface area contributed by atoms with Crippen LogP contribution in [0.2, 0.25) is 0 Å². The van der Waals surface area contributed by atoms with E-state index in [1.165, 1.54) is 27.6 Å². The van der Waals surface area contributed by atoms with E-state index in [0.717, 1.165) is 8.66 Å². The first-order valence-corrected chi connectivity index (χ1v) is 9.73. The number of thiophene rings is 1. The number of rotatable bonds is 3. The van der Waals surface area contributed by atoms with Crippen LogP contribution in [0.3, 0.4) is 0 Å². The van der Waals surface area contributed by atoms with Gasteiger partial charge in [-0.25, -0.2) is 4.98 Å². The fraction of sp³-hybridized carbons (Fsp3) is 0.273. The summed E-state index contributed by atoms with van der Waals surface area (Å²) >= 11 is 6.10. The van der Waals surface area contributed by atoms with Gasteiger partial charge in [0.25, 0.3) is 0 Å². The SMILES string of the molecule is O=C1CC(S(=O)(=O)F)CN1c1nc(-c2ccc(Br)s2)cs1. The molecule has 21 heavy (non-hydrogen) atoms. The fourth-order valence-electron chi connectivity index (χ4n) is 2.00. The summed E-state index contributed by atoms with van der Waals surface area (Å²) in [6.07, 6.45) is -0.335. The van der Waals surface area contributed by atoms with Gasteiger partial charge in [0.1, 0.15) is 5.25 Å². The molecule has 1 aliphatic rings. The van der Waals surface area contributed by atoms with Gasteiger partial charge in [-0.05, 0) is 28.1 Å². The van der Waals surface area contributed by atoms with Crippen LogP contribution in [0, 0.1) is 0 Å². The summed E-state index contributed by atoms with van der Waals surface area (Å²) in [6.45, 7) is -0.182. The van der Waals surface area contributed by atoms with Crippen LogP contribution in [0.1, 0.15) is 6.42 Å². The number of nitrogens with zero attached hydrogens (tertiary/aromatic N) is 2. The van der Waals surface area contributed by atoms with Crippen LogP contribution in [-0.4, -0.2) is 31.1 Å². The number of hydrogen-bond acceptors (Lipinski definition) is 6. The van der Waals surface area contributed by atoms with E-state index in [1.54, 1.807) is 5.38 Å². The molecule has 0 bridgehead atoms. The zero-order valence-electron chi connectivity index (χ0n) is 10.3. The maximum Gasteiger partial charge on any atom is 0.307 e. The van der Waals surface area contributed by atoms with Crippen molar-refractivity contribution in [1.82, 2.24) is 4.98 Å². The van der Waals surface area contributed by atoms with Crippen LogP contribution in [0.5, 0.6) is 0 Å². The third-order valence-corrected chi connectivity index (χ3v) is 6.66. The number of aromatic nitrogens is 1. The minimum atomic E-state index is -4.71. The highest BCUT2D eigenvalue weighted by atomic mass is 79.9. The lowest BCUT2D eigenvalue weighted by Gasteiger charge is -2.11. The summed E-state index contributed by atoms with van der Waals surface area (Å²) in [5, 5.41) is 0.886. The summed E-state index contributed by atoms with van der Waals surface area (Å²) in [5.74, 6) is -0.422. The van der Waals surface area contributed by atoms with Gasteiger partial charge in [-0.1, -0.05) is 0 Å². The van der Waals surface area contributed by atoms with Crippen molar-refractivity contribution in [3.05, 3.63) is 21.3 Å². The second kappa shape index (κ2) is 5.41. The van der Waals surface area contributed by atoms with Crippen LogP contribution >= 0.6 is 38.6 Å². The van der Waals surface area contributed by atoms with Gasteiger partial charge >= 0.3 is 10.2 Å². The van der Waals surface area contributed by atoms with Crippen molar-refractivity contribution in [3.8, 4) is 10.6 Å². The molecule has 0 saturated carbocycles. The molecule has 1 amide bonds. The van der Waals surface area contributed by atoms with Crippen molar-refractivity contribution in [2.45, 2.75) is 11.7 Å². The molecule has 10 heteroatoms. The Kier molecular flexibility index (Phi) is 3.89. The molecule has 2 aromatic rings. The van der Waals surface area contributed by atoms with E-state index in [1.807, 2.05) is 12.1 Å². The molecular formula is C11H8BrFN2O3S3. The molecule has 0 radical (unpaired) electrons. The molecule has 1 atom stereocenters. The number of amides is 1. The number of carbonyl (C=O) groups excluding carboxylic acids is 1. The molecule has 1 aliphatic heterocycles. The molecule has 0 spiro atoms. The number of carbonyl (C=O) groups is 1. The van der Waals surface area contributed by atoms with Crippen molar-refractivity contribution in [2.24, 2.45) is 0 Å². The molecule has 112 valence electrons. The van der Waals surface area contributed by atoms with Crippen molar-refractivity contribution in [1.29, 1.82) is 0 Å².